The zero-order valence-corrected chi connectivity index (χ0v) is 12.2. The van der Waals surface area contributed by atoms with Crippen molar-refractivity contribution in [2.75, 3.05) is 13.1 Å². The van der Waals surface area contributed by atoms with Crippen LogP contribution in [0.4, 0.5) is 0 Å². The minimum Gasteiger partial charge on any atom is -0.350 e. The number of hydrogen-bond donors (Lipinski definition) is 1. The molecule has 0 unspecified atom stereocenters. The summed E-state index contributed by atoms with van der Waals surface area (Å²) in [6.07, 6.45) is 5.56. The van der Waals surface area contributed by atoms with Crippen LogP contribution in [0, 0.1) is 0 Å². The third kappa shape index (κ3) is 3.48. The summed E-state index contributed by atoms with van der Waals surface area (Å²) in [6.45, 7) is 3.13. The van der Waals surface area contributed by atoms with Crippen molar-refractivity contribution in [2.45, 2.75) is 32.2 Å². The van der Waals surface area contributed by atoms with Crippen LogP contribution < -0.4 is 5.32 Å². The van der Waals surface area contributed by atoms with E-state index in [1.54, 1.807) is 6.07 Å². The third-order valence-corrected chi connectivity index (χ3v) is 3.77. The van der Waals surface area contributed by atoms with E-state index >= 15 is 0 Å². The van der Waals surface area contributed by atoms with Crippen LogP contribution >= 0.6 is 11.6 Å². The lowest BCUT2D eigenvalue weighted by Gasteiger charge is -2.32. The van der Waals surface area contributed by atoms with Gasteiger partial charge in [0, 0.05) is 37.9 Å². The average molecular weight is 296 g/mol. The Morgan fingerprint density at radius 3 is 3.05 bits per heavy atom. The molecule has 1 N–H and O–H groups in total. The van der Waals surface area contributed by atoms with Crippen LogP contribution in [0.25, 0.3) is 0 Å². The maximum atomic E-state index is 12.0. The monoisotopic (exact) mass is 295 g/mol. The molecule has 0 aliphatic carbocycles. The number of likely N-dealkylation sites (tertiary alicyclic amines) is 1. The number of nitrogens with one attached hydrogen (secondary N) is 1. The van der Waals surface area contributed by atoms with E-state index < -0.39 is 0 Å². The van der Waals surface area contributed by atoms with E-state index in [0.717, 1.165) is 19.4 Å². The summed E-state index contributed by atoms with van der Waals surface area (Å²) in [4.78, 5) is 29.5. The minimum atomic E-state index is -0.242. The Kier molecular flexibility index (Phi) is 4.95. The number of rotatable bonds is 4. The molecule has 6 heteroatoms. The summed E-state index contributed by atoms with van der Waals surface area (Å²) in [5, 5.41) is 3.14. The number of carbonyl (C=O) groups is 2. The molecular weight excluding hydrogens is 278 g/mol. The average Bonchev–Trinajstić information content (AvgIpc) is 2.45. The lowest BCUT2D eigenvalue weighted by Crippen LogP contribution is -2.47. The Hall–Kier alpha value is -1.62. The summed E-state index contributed by atoms with van der Waals surface area (Å²) in [7, 11) is 0. The number of nitrogens with zero attached hydrogens (tertiary/aromatic N) is 2. The Balaban J connectivity index is 1.90. The van der Waals surface area contributed by atoms with Gasteiger partial charge in [0.1, 0.15) is 0 Å². The lowest BCUT2D eigenvalue weighted by atomic mass is 10.1. The van der Waals surface area contributed by atoms with Crippen molar-refractivity contribution >= 4 is 23.4 Å². The van der Waals surface area contributed by atoms with Gasteiger partial charge in [0.25, 0.3) is 5.91 Å². The van der Waals surface area contributed by atoms with E-state index in [-0.39, 0.29) is 17.9 Å². The molecule has 0 saturated carbocycles. The highest BCUT2D eigenvalue weighted by Gasteiger charge is 2.23. The largest absolute Gasteiger partial charge is 0.350 e. The van der Waals surface area contributed by atoms with Crippen molar-refractivity contribution in [1.29, 1.82) is 0 Å². The fourth-order valence-corrected chi connectivity index (χ4v) is 2.50. The summed E-state index contributed by atoms with van der Waals surface area (Å²) >= 11 is 5.92. The van der Waals surface area contributed by atoms with Gasteiger partial charge in [0.05, 0.1) is 10.6 Å². The molecule has 2 amide bonds. The molecular formula is C14H18ClN3O2. The zero-order chi connectivity index (χ0) is 14.5. The van der Waals surface area contributed by atoms with Gasteiger partial charge in [-0.3, -0.25) is 14.6 Å². The summed E-state index contributed by atoms with van der Waals surface area (Å²) in [5.74, 6) is -0.0753. The lowest BCUT2D eigenvalue weighted by molar-refractivity contribution is -0.135. The molecule has 1 saturated heterocycles. The standard InChI is InChI=1S/C14H18ClN3O2/c1-10(18-7-3-2-4-13(18)19)8-17-14(20)11-5-6-16-9-12(11)15/h5-6,9-10H,2-4,7-8H2,1H3,(H,17,20)/t10-/m0/s1. The molecule has 0 aromatic carbocycles. The van der Waals surface area contributed by atoms with E-state index in [9.17, 15) is 9.59 Å². The predicted octanol–water partition coefficient (Wildman–Crippen LogP) is 1.87. The molecule has 5 nitrogen and oxygen atoms in total. The van der Waals surface area contributed by atoms with Crippen molar-refractivity contribution in [2.24, 2.45) is 0 Å². The van der Waals surface area contributed by atoms with E-state index in [4.69, 9.17) is 11.6 Å². The van der Waals surface area contributed by atoms with Crippen LogP contribution in [-0.2, 0) is 4.79 Å². The SMILES string of the molecule is C[C@@H](CNC(=O)c1ccncc1Cl)N1CCCCC1=O. The molecule has 1 aromatic rings. The first-order valence-corrected chi connectivity index (χ1v) is 7.14. The van der Waals surface area contributed by atoms with Crippen LogP contribution in [0.2, 0.25) is 5.02 Å². The van der Waals surface area contributed by atoms with Gasteiger partial charge in [-0.1, -0.05) is 11.6 Å². The van der Waals surface area contributed by atoms with Crippen LogP contribution in [0.5, 0.6) is 0 Å². The highest BCUT2D eigenvalue weighted by atomic mass is 35.5. The smallest absolute Gasteiger partial charge is 0.252 e. The van der Waals surface area contributed by atoms with E-state index in [1.807, 2.05) is 11.8 Å². The van der Waals surface area contributed by atoms with Gasteiger partial charge in [-0.25, -0.2) is 0 Å². The Bertz CT molecular complexity index is 507. The zero-order valence-electron chi connectivity index (χ0n) is 11.4. The molecule has 20 heavy (non-hydrogen) atoms. The molecule has 0 radical (unpaired) electrons. The van der Waals surface area contributed by atoms with Gasteiger partial charge >= 0.3 is 0 Å². The quantitative estimate of drug-likeness (QED) is 0.922. The van der Waals surface area contributed by atoms with Crippen LogP contribution in [0.3, 0.4) is 0 Å². The first kappa shape index (κ1) is 14.8. The van der Waals surface area contributed by atoms with Gasteiger partial charge in [-0.15, -0.1) is 0 Å². The fourth-order valence-electron chi connectivity index (χ4n) is 2.30. The van der Waals surface area contributed by atoms with Gasteiger partial charge in [0.15, 0.2) is 0 Å². The third-order valence-electron chi connectivity index (χ3n) is 3.47. The van der Waals surface area contributed by atoms with Crippen molar-refractivity contribution in [3.05, 3.63) is 29.0 Å². The number of pyridine rings is 1. The van der Waals surface area contributed by atoms with Crippen molar-refractivity contribution < 1.29 is 9.59 Å². The second-order valence-corrected chi connectivity index (χ2v) is 5.37. The molecule has 0 spiro atoms. The van der Waals surface area contributed by atoms with Gasteiger partial charge in [-0.2, -0.15) is 0 Å². The summed E-state index contributed by atoms with van der Waals surface area (Å²) in [6, 6.07) is 1.57. The second-order valence-electron chi connectivity index (χ2n) is 4.96. The number of amides is 2. The normalized spacial score (nSPS) is 16.9. The minimum absolute atomic E-state index is 0.00707. The molecule has 1 atom stereocenters. The van der Waals surface area contributed by atoms with E-state index in [1.165, 1.54) is 12.4 Å². The number of halogens is 1. The molecule has 2 rings (SSSR count). The number of carbonyl (C=O) groups excluding carboxylic acids is 2. The highest BCUT2D eigenvalue weighted by molar-refractivity contribution is 6.33. The number of hydrogen-bond acceptors (Lipinski definition) is 3. The summed E-state index contributed by atoms with van der Waals surface area (Å²) in [5.41, 5.74) is 0.402. The van der Waals surface area contributed by atoms with Gasteiger partial charge < -0.3 is 10.2 Å². The summed E-state index contributed by atoms with van der Waals surface area (Å²) < 4.78 is 0. The molecule has 0 bridgehead atoms. The van der Waals surface area contributed by atoms with Crippen molar-refractivity contribution in [3.8, 4) is 0 Å². The second kappa shape index (κ2) is 6.70. The number of piperidine rings is 1. The molecule has 1 aromatic heterocycles. The molecule has 1 fully saturated rings. The first-order chi connectivity index (χ1) is 9.59. The molecule has 1 aliphatic heterocycles. The van der Waals surface area contributed by atoms with Crippen LogP contribution in [0.1, 0.15) is 36.5 Å². The van der Waals surface area contributed by atoms with E-state index in [2.05, 4.69) is 10.3 Å². The van der Waals surface area contributed by atoms with Crippen molar-refractivity contribution in [3.63, 3.8) is 0 Å². The molecule has 2 heterocycles. The maximum Gasteiger partial charge on any atom is 0.252 e. The maximum absolute atomic E-state index is 12.0. The van der Waals surface area contributed by atoms with Crippen molar-refractivity contribution in [1.82, 2.24) is 15.2 Å². The van der Waals surface area contributed by atoms with E-state index in [0.29, 0.717) is 23.6 Å². The first-order valence-electron chi connectivity index (χ1n) is 6.77. The fraction of sp³-hybridized carbons (Fsp3) is 0.500. The number of aromatic nitrogens is 1. The van der Waals surface area contributed by atoms with Crippen LogP contribution in [0.15, 0.2) is 18.5 Å². The molecule has 1 aliphatic rings. The highest BCUT2D eigenvalue weighted by Crippen LogP contribution is 2.15. The Morgan fingerprint density at radius 2 is 2.35 bits per heavy atom. The predicted molar refractivity (Wildman–Crippen MR) is 76.6 cm³/mol. The Morgan fingerprint density at radius 1 is 1.55 bits per heavy atom. The molecule has 108 valence electrons. The topological polar surface area (TPSA) is 62.3 Å². The van der Waals surface area contributed by atoms with Gasteiger partial charge in [-0.05, 0) is 25.8 Å². The Labute approximate surface area is 123 Å². The van der Waals surface area contributed by atoms with Gasteiger partial charge in [0.2, 0.25) is 5.91 Å². The van der Waals surface area contributed by atoms with Crippen LogP contribution in [-0.4, -0.2) is 40.8 Å².